The van der Waals surface area contributed by atoms with E-state index in [4.69, 9.17) is 19.0 Å². The van der Waals surface area contributed by atoms with Gasteiger partial charge in [-0.15, -0.1) is 0 Å². The van der Waals surface area contributed by atoms with E-state index < -0.39 is 30.5 Å². The van der Waals surface area contributed by atoms with Crippen LogP contribution >= 0.6 is 0 Å². The lowest BCUT2D eigenvalue weighted by Crippen LogP contribution is -2.64. The first-order valence-corrected chi connectivity index (χ1v) is 21.0. The molecule has 0 heterocycles. The van der Waals surface area contributed by atoms with Gasteiger partial charge < -0.3 is 24.3 Å². The number of nitrogens with one attached hydrogen (secondary N) is 1. The molecule has 6 nitrogen and oxygen atoms in total. The van der Waals surface area contributed by atoms with Gasteiger partial charge in [-0.05, 0) is 54.4 Å². The van der Waals surface area contributed by atoms with Gasteiger partial charge in [0.1, 0.15) is 5.54 Å². The second-order valence-electron chi connectivity index (χ2n) is 14.2. The largest absolute Gasteiger partial charge is 0.414 e. The van der Waals surface area contributed by atoms with Crippen LogP contribution in [0.1, 0.15) is 62.3 Å². The quantitative estimate of drug-likeness (QED) is 0.333. The molecule has 0 radical (unpaired) electrons. The Hall–Kier alpha value is -0.0394. The number of nitrogens with two attached hydrogens (primary N) is 1. The summed E-state index contributed by atoms with van der Waals surface area (Å²) < 4.78 is 20.0. The summed E-state index contributed by atoms with van der Waals surface area (Å²) in [5.74, 6) is -0.216. The normalized spacial score (nSPS) is 15.0. The van der Waals surface area contributed by atoms with Crippen molar-refractivity contribution < 1.29 is 18.1 Å². The van der Waals surface area contributed by atoms with E-state index in [2.05, 4.69) is 107 Å². The summed E-state index contributed by atoms with van der Waals surface area (Å²) in [7, 11) is -6.21. The van der Waals surface area contributed by atoms with Gasteiger partial charge >= 0.3 is 0 Å². The monoisotopic (exact) mass is 520 g/mol. The molecule has 0 aliphatic carbocycles. The summed E-state index contributed by atoms with van der Waals surface area (Å²) in [5.41, 5.74) is 4.93. The van der Waals surface area contributed by atoms with Crippen molar-refractivity contribution in [2.75, 3.05) is 26.4 Å². The maximum Gasteiger partial charge on any atom is 0.234 e. The third kappa shape index (κ3) is 9.50. The van der Waals surface area contributed by atoms with Crippen molar-refractivity contribution in [3.63, 3.8) is 0 Å². The second kappa shape index (κ2) is 10.9. The standard InChI is InChI=1S/C24H56N2O4Si3/c1-21(2,3)31(10,11)28-17-24(26-20(27)16-25,18-29-32(12,13)22(4,5)6)19-30-33(14,15)23(7,8)9/h16-19,25H2,1-15H3,(H,26,27). The fraction of sp³-hybridized carbons (Fsp3) is 0.958. The highest BCUT2D eigenvalue weighted by atomic mass is 28.4. The zero-order chi connectivity index (χ0) is 26.7. The number of carbonyl (C=O) groups excluding carboxylic acids is 1. The summed E-state index contributed by atoms with van der Waals surface area (Å²) in [6.45, 7) is 34.3. The van der Waals surface area contributed by atoms with E-state index in [-0.39, 0.29) is 27.6 Å². The maximum atomic E-state index is 12.6. The molecule has 0 spiro atoms. The Balaban J connectivity index is 6.22. The molecule has 33 heavy (non-hydrogen) atoms. The Morgan fingerprint density at radius 3 is 1.06 bits per heavy atom. The molecule has 0 aliphatic heterocycles. The Kier molecular flexibility index (Phi) is 10.9. The number of hydrogen-bond donors (Lipinski definition) is 2. The van der Waals surface area contributed by atoms with E-state index in [9.17, 15) is 4.79 Å². The number of amides is 1. The predicted octanol–water partition coefficient (Wildman–Crippen LogP) is 5.87. The molecular formula is C24H56N2O4Si3. The van der Waals surface area contributed by atoms with Gasteiger partial charge in [0.25, 0.3) is 0 Å². The lowest BCUT2D eigenvalue weighted by molar-refractivity contribution is -0.123. The molecule has 0 aromatic rings. The summed E-state index contributed by atoms with van der Waals surface area (Å²) in [5, 5.41) is 3.34. The molecule has 0 unspecified atom stereocenters. The van der Waals surface area contributed by atoms with E-state index in [1.54, 1.807) is 0 Å². The Bertz CT molecular complexity index is 571. The smallest absolute Gasteiger partial charge is 0.234 e. The Morgan fingerprint density at radius 2 is 0.879 bits per heavy atom. The van der Waals surface area contributed by atoms with Crippen LogP contribution in [0.5, 0.6) is 0 Å². The average Bonchev–Trinajstić information content (AvgIpc) is 2.60. The number of rotatable bonds is 11. The van der Waals surface area contributed by atoms with Gasteiger partial charge in [0.05, 0.1) is 26.4 Å². The molecule has 0 aromatic heterocycles. The second-order valence-corrected chi connectivity index (χ2v) is 28.6. The minimum Gasteiger partial charge on any atom is -0.414 e. The van der Waals surface area contributed by atoms with E-state index >= 15 is 0 Å². The van der Waals surface area contributed by atoms with Crippen LogP contribution in [0.25, 0.3) is 0 Å². The molecule has 0 aromatic carbocycles. The molecule has 0 rings (SSSR count). The van der Waals surface area contributed by atoms with Crippen LogP contribution in [0, 0.1) is 0 Å². The highest BCUT2D eigenvalue weighted by Gasteiger charge is 2.46. The number of carbonyl (C=O) groups is 1. The first-order valence-electron chi connectivity index (χ1n) is 12.3. The van der Waals surface area contributed by atoms with Crippen LogP contribution in [0.4, 0.5) is 0 Å². The topological polar surface area (TPSA) is 82.8 Å². The third-order valence-corrected chi connectivity index (χ3v) is 21.6. The lowest BCUT2D eigenvalue weighted by Gasteiger charge is -2.46. The maximum absolute atomic E-state index is 12.6. The molecule has 3 N–H and O–H groups in total. The van der Waals surface area contributed by atoms with Gasteiger partial charge in [0, 0.05) is 0 Å². The van der Waals surface area contributed by atoms with Crippen LogP contribution < -0.4 is 11.1 Å². The fourth-order valence-corrected chi connectivity index (χ4v) is 5.40. The van der Waals surface area contributed by atoms with Gasteiger partial charge in [0.15, 0.2) is 25.0 Å². The minimum atomic E-state index is -2.07. The average molecular weight is 521 g/mol. The van der Waals surface area contributed by atoms with Gasteiger partial charge in [-0.2, -0.15) is 0 Å². The Labute approximate surface area is 208 Å². The summed E-state index contributed by atoms with van der Waals surface area (Å²) >= 11 is 0. The predicted molar refractivity (Wildman–Crippen MR) is 149 cm³/mol. The molecule has 0 aliphatic rings. The minimum absolute atomic E-state index is 0.0528. The highest BCUT2D eigenvalue weighted by molar-refractivity contribution is 6.75. The molecule has 0 atom stereocenters. The molecule has 1 amide bonds. The van der Waals surface area contributed by atoms with Crippen molar-refractivity contribution in [2.24, 2.45) is 5.73 Å². The van der Waals surface area contributed by atoms with Gasteiger partial charge in [0.2, 0.25) is 5.91 Å². The highest BCUT2D eigenvalue weighted by Crippen LogP contribution is 2.40. The Morgan fingerprint density at radius 1 is 0.636 bits per heavy atom. The van der Waals surface area contributed by atoms with Crippen molar-refractivity contribution in [1.29, 1.82) is 0 Å². The van der Waals surface area contributed by atoms with Gasteiger partial charge in [-0.1, -0.05) is 62.3 Å². The van der Waals surface area contributed by atoms with Crippen LogP contribution in [0.3, 0.4) is 0 Å². The molecular weight excluding hydrogens is 465 g/mol. The first kappa shape index (κ1) is 33.0. The number of hydrogen-bond acceptors (Lipinski definition) is 5. The van der Waals surface area contributed by atoms with Crippen molar-refractivity contribution in [1.82, 2.24) is 5.32 Å². The SMILES string of the molecule is CC(C)(C)[Si](C)(C)OCC(CO[Si](C)(C)C(C)(C)C)(CO[Si](C)(C)C(C)(C)C)NC(=O)CN. The van der Waals surface area contributed by atoms with E-state index in [1.165, 1.54) is 0 Å². The van der Waals surface area contributed by atoms with Crippen LogP contribution in [0.15, 0.2) is 0 Å². The molecule has 0 saturated heterocycles. The fourth-order valence-electron chi connectivity index (χ4n) is 2.19. The zero-order valence-electron chi connectivity index (χ0n) is 24.5. The molecule has 0 saturated carbocycles. The van der Waals surface area contributed by atoms with Crippen molar-refractivity contribution in [3.05, 3.63) is 0 Å². The van der Waals surface area contributed by atoms with E-state index in [0.29, 0.717) is 19.8 Å². The summed E-state index contributed by atoms with van der Waals surface area (Å²) in [6.07, 6.45) is 0. The third-order valence-electron chi connectivity index (χ3n) is 8.14. The van der Waals surface area contributed by atoms with Gasteiger partial charge in [-0.25, -0.2) is 0 Å². The van der Waals surface area contributed by atoms with Crippen molar-refractivity contribution in [3.8, 4) is 0 Å². The summed E-state index contributed by atoms with van der Waals surface area (Å²) in [6, 6.07) is 0. The van der Waals surface area contributed by atoms with Gasteiger partial charge in [-0.3, -0.25) is 4.79 Å². The molecule has 0 fully saturated rings. The van der Waals surface area contributed by atoms with E-state index in [0.717, 1.165) is 0 Å². The first-order chi connectivity index (χ1) is 14.3. The zero-order valence-corrected chi connectivity index (χ0v) is 27.5. The van der Waals surface area contributed by atoms with Crippen molar-refractivity contribution >= 4 is 30.9 Å². The van der Waals surface area contributed by atoms with Crippen LogP contribution in [-0.4, -0.2) is 62.8 Å². The van der Waals surface area contributed by atoms with Crippen LogP contribution in [-0.2, 0) is 18.1 Å². The molecule has 9 heteroatoms. The van der Waals surface area contributed by atoms with E-state index in [1.807, 2.05) is 0 Å². The summed E-state index contributed by atoms with van der Waals surface area (Å²) in [4.78, 5) is 12.6. The van der Waals surface area contributed by atoms with Crippen LogP contribution in [0.2, 0.25) is 54.4 Å². The molecule has 198 valence electrons. The molecule has 0 bridgehead atoms. The lowest BCUT2D eigenvalue weighted by atomic mass is 10.0. The van der Waals surface area contributed by atoms with Crippen molar-refractivity contribution in [2.45, 2.75) is 122 Å².